The van der Waals surface area contributed by atoms with Crippen LogP contribution < -0.4 is 33.4 Å². The molecule has 148 valence electrons. The first-order valence-corrected chi connectivity index (χ1v) is 10.0. The SMILES string of the molecule is COc1ccc(C)c(C[n+]2nc(-c3ccc(F)cc3)c(C)cc2SC)c1C.[I-]. The summed E-state index contributed by atoms with van der Waals surface area (Å²) >= 11 is 1.67. The summed E-state index contributed by atoms with van der Waals surface area (Å²) in [5.74, 6) is 0.639. The highest BCUT2D eigenvalue weighted by molar-refractivity contribution is 7.98. The summed E-state index contributed by atoms with van der Waals surface area (Å²) in [6.45, 7) is 6.88. The Morgan fingerprint density at radius 1 is 1.04 bits per heavy atom. The summed E-state index contributed by atoms with van der Waals surface area (Å²) in [4.78, 5) is 0. The summed E-state index contributed by atoms with van der Waals surface area (Å²) in [6.07, 6.45) is 2.05. The average Bonchev–Trinajstić information content (AvgIpc) is 2.66. The molecular formula is C22H24FIN2OS. The minimum atomic E-state index is -0.243. The number of hydrogen-bond acceptors (Lipinski definition) is 3. The number of ether oxygens (including phenoxy) is 1. The molecule has 0 N–H and O–H groups in total. The van der Waals surface area contributed by atoms with Crippen LogP contribution in [0, 0.1) is 26.6 Å². The zero-order valence-corrected chi connectivity index (χ0v) is 19.7. The minimum absolute atomic E-state index is 0. The molecule has 0 spiro atoms. The summed E-state index contributed by atoms with van der Waals surface area (Å²) in [5.41, 5.74) is 6.39. The molecule has 2 aromatic carbocycles. The molecule has 0 unspecified atom stereocenters. The quantitative estimate of drug-likeness (QED) is 0.298. The van der Waals surface area contributed by atoms with E-state index in [1.165, 1.54) is 23.3 Å². The van der Waals surface area contributed by atoms with E-state index in [2.05, 4.69) is 32.2 Å². The number of thioether (sulfide) groups is 1. The zero-order chi connectivity index (χ0) is 19.6. The molecule has 3 rings (SSSR count). The van der Waals surface area contributed by atoms with E-state index < -0.39 is 0 Å². The number of aromatic nitrogens is 2. The van der Waals surface area contributed by atoms with Gasteiger partial charge in [0.25, 0.3) is 5.03 Å². The second-order valence-corrected chi connectivity index (χ2v) is 7.40. The fourth-order valence-electron chi connectivity index (χ4n) is 3.23. The van der Waals surface area contributed by atoms with E-state index in [4.69, 9.17) is 9.84 Å². The second-order valence-electron chi connectivity index (χ2n) is 6.57. The number of halogens is 2. The van der Waals surface area contributed by atoms with Crippen LogP contribution >= 0.6 is 11.8 Å². The van der Waals surface area contributed by atoms with Crippen molar-refractivity contribution < 1.29 is 37.8 Å². The van der Waals surface area contributed by atoms with Crippen molar-refractivity contribution in [3.63, 3.8) is 0 Å². The second kappa shape index (κ2) is 9.69. The normalized spacial score (nSPS) is 10.5. The molecular weight excluding hydrogens is 486 g/mol. The van der Waals surface area contributed by atoms with Crippen molar-refractivity contribution in [3.8, 4) is 17.0 Å². The topological polar surface area (TPSA) is 26.0 Å². The third-order valence-corrected chi connectivity index (χ3v) is 5.57. The van der Waals surface area contributed by atoms with E-state index in [0.29, 0.717) is 6.54 Å². The lowest BCUT2D eigenvalue weighted by atomic mass is 10.0. The van der Waals surface area contributed by atoms with E-state index in [-0.39, 0.29) is 29.8 Å². The number of methoxy groups -OCH3 is 1. The van der Waals surface area contributed by atoms with Crippen LogP contribution in [0.1, 0.15) is 22.3 Å². The third-order valence-electron chi connectivity index (χ3n) is 4.83. The molecule has 0 radical (unpaired) electrons. The van der Waals surface area contributed by atoms with Gasteiger partial charge >= 0.3 is 0 Å². The molecule has 0 aliphatic rings. The van der Waals surface area contributed by atoms with Crippen molar-refractivity contribution in [1.29, 1.82) is 0 Å². The van der Waals surface area contributed by atoms with Gasteiger partial charge in [0, 0.05) is 27.9 Å². The first kappa shape index (κ1) is 22.6. The number of benzene rings is 2. The van der Waals surface area contributed by atoms with E-state index in [1.807, 2.05) is 17.7 Å². The maximum Gasteiger partial charge on any atom is 0.266 e. The van der Waals surface area contributed by atoms with E-state index in [0.717, 1.165) is 33.2 Å². The molecule has 3 nitrogen and oxygen atoms in total. The Bertz CT molecular complexity index is 977. The number of aryl methyl sites for hydroxylation is 2. The monoisotopic (exact) mass is 510 g/mol. The van der Waals surface area contributed by atoms with Crippen molar-refractivity contribution in [2.24, 2.45) is 0 Å². The van der Waals surface area contributed by atoms with Gasteiger partial charge in [-0.15, -0.1) is 0 Å². The van der Waals surface area contributed by atoms with Gasteiger partial charge in [-0.3, -0.25) is 0 Å². The van der Waals surface area contributed by atoms with Gasteiger partial charge in [0.1, 0.15) is 17.3 Å². The molecule has 28 heavy (non-hydrogen) atoms. The minimum Gasteiger partial charge on any atom is -1.00 e. The lowest BCUT2D eigenvalue weighted by Gasteiger charge is -2.12. The summed E-state index contributed by atoms with van der Waals surface area (Å²) in [7, 11) is 1.69. The lowest BCUT2D eigenvalue weighted by Crippen LogP contribution is -3.00. The first-order valence-electron chi connectivity index (χ1n) is 8.79. The predicted octanol–water partition coefficient (Wildman–Crippen LogP) is 1.88. The lowest BCUT2D eigenvalue weighted by molar-refractivity contribution is -0.779. The van der Waals surface area contributed by atoms with Crippen LogP contribution in [0.3, 0.4) is 0 Å². The number of rotatable bonds is 5. The van der Waals surface area contributed by atoms with E-state index in [9.17, 15) is 4.39 Å². The maximum absolute atomic E-state index is 13.3. The molecule has 1 aromatic heterocycles. The van der Waals surface area contributed by atoms with Gasteiger partial charge in [0.2, 0.25) is 6.54 Å². The smallest absolute Gasteiger partial charge is 0.266 e. The van der Waals surface area contributed by atoms with Crippen LogP contribution in [0.5, 0.6) is 5.75 Å². The summed E-state index contributed by atoms with van der Waals surface area (Å²) in [5, 5.41) is 5.99. The van der Waals surface area contributed by atoms with Crippen LogP contribution in [-0.2, 0) is 6.54 Å². The Kier molecular flexibility index (Phi) is 7.83. The highest BCUT2D eigenvalue weighted by Gasteiger charge is 2.21. The first-order chi connectivity index (χ1) is 12.9. The molecule has 0 saturated carbocycles. The summed E-state index contributed by atoms with van der Waals surface area (Å²) in [6, 6.07) is 12.7. The average molecular weight is 510 g/mol. The highest BCUT2D eigenvalue weighted by Crippen LogP contribution is 2.26. The van der Waals surface area contributed by atoms with E-state index >= 15 is 0 Å². The van der Waals surface area contributed by atoms with Gasteiger partial charge in [-0.25, -0.2) is 4.39 Å². The standard InChI is InChI=1S/C22H24FN2OS.HI/c1-14-6-11-20(26-4)16(3)19(14)13-25-21(27-5)12-15(2)22(24-25)17-7-9-18(23)10-8-17;/h6-12H,13H2,1-5H3;1H/q+1;/p-1. The van der Waals surface area contributed by atoms with Gasteiger partial charge in [0.15, 0.2) is 0 Å². The van der Waals surface area contributed by atoms with Crippen LogP contribution in [-0.4, -0.2) is 18.5 Å². The Morgan fingerprint density at radius 3 is 2.32 bits per heavy atom. The van der Waals surface area contributed by atoms with Crippen LogP contribution in [0.2, 0.25) is 0 Å². The van der Waals surface area contributed by atoms with Gasteiger partial charge in [-0.1, -0.05) is 22.5 Å². The van der Waals surface area contributed by atoms with Gasteiger partial charge < -0.3 is 28.7 Å². The van der Waals surface area contributed by atoms with Crippen molar-refractivity contribution >= 4 is 11.8 Å². The molecule has 3 aromatic rings. The van der Waals surface area contributed by atoms with Gasteiger partial charge in [-0.05, 0) is 68.5 Å². The Balaban J connectivity index is 0.00000280. The van der Waals surface area contributed by atoms with E-state index in [1.54, 1.807) is 31.0 Å². The van der Waals surface area contributed by atoms with Crippen molar-refractivity contribution in [2.45, 2.75) is 32.3 Å². The molecule has 0 atom stereocenters. The maximum atomic E-state index is 13.3. The van der Waals surface area contributed by atoms with Gasteiger partial charge in [0.05, 0.1) is 7.11 Å². The fraction of sp³-hybridized carbons (Fsp3) is 0.273. The Labute approximate surface area is 187 Å². The third kappa shape index (κ3) is 4.66. The molecule has 0 aliphatic carbocycles. The molecule has 0 saturated heterocycles. The predicted molar refractivity (Wildman–Crippen MR) is 108 cm³/mol. The number of hydrogen-bond donors (Lipinski definition) is 0. The van der Waals surface area contributed by atoms with Crippen molar-refractivity contribution in [1.82, 2.24) is 5.10 Å². The number of nitrogens with zero attached hydrogens (tertiary/aromatic N) is 2. The zero-order valence-electron chi connectivity index (χ0n) is 16.7. The fourth-order valence-corrected chi connectivity index (χ4v) is 3.84. The Hall–Kier alpha value is -1.67. The molecule has 6 heteroatoms. The summed E-state index contributed by atoms with van der Waals surface area (Å²) < 4.78 is 20.8. The van der Waals surface area contributed by atoms with Crippen LogP contribution in [0.15, 0.2) is 47.5 Å². The van der Waals surface area contributed by atoms with Crippen LogP contribution in [0.25, 0.3) is 11.3 Å². The molecule has 0 fully saturated rings. The Morgan fingerprint density at radius 2 is 1.71 bits per heavy atom. The molecule has 0 amide bonds. The highest BCUT2D eigenvalue weighted by atomic mass is 127. The van der Waals surface area contributed by atoms with Gasteiger partial charge in [-0.2, -0.15) is 0 Å². The largest absolute Gasteiger partial charge is 1.00 e. The molecule has 1 heterocycles. The van der Waals surface area contributed by atoms with Crippen molar-refractivity contribution in [2.75, 3.05) is 13.4 Å². The molecule has 0 aliphatic heterocycles. The molecule has 0 bridgehead atoms. The van der Waals surface area contributed by atoms with Crippen molar-refractivity contribution in [3.05, 3.63) is 70.5 Å². The van der Waals surface area contributed by atoms with Crippen LogP contribution in [0.4, 0.5) is 4.39 Å².